The lowest BCUT2D eigenvalue weighted by Crippen LogP contribution is -2.31. The molecule has 0 heterocycles. The number of carbonyl (C=O) groups is 1. The summed E-state index contributed by atoms with van der Waals surface area (Å²) in [6.45, 7) is 4.19. The van der Waals surface area contributed by atoms with Gasteiger partial charge in [-0.25, -0.2) is 0 Å². The lowest BCUT2D eigenvalue weighted by Gasteiger charge is -2.30. The van der Waals surface area contributed by atoms with Crippen LogP contribution in [0.4, 0.5) is 0 Å². The average molecular weight is 184 g/mol. The molecule has 0 spiro atoms. The van der Waals surface area contributed by atoms with Gasteiger partial charge in [-0.2, -0.15) is 0 Å². The standard InChI is InChI=1S/C11H20O2/c1-3-9(2)13-11-7-5-4-6-10(11)8-12/h8-11H,3-7H2,1-2H3. The second-order valence-corrected chi connectivity index (χ2v) is 3.98. The van der Waals surface area contributed by atoms with Crippen LogP contribution < -0.4 is 0 Å². The molecule has 0 bridgehead atoms. The molecule has 0 aromatic carbocycles. The molecular formula is C11H20O2. The van der Waals surface area contributed by atoms with E-state index in [2.05, 4.69) is 13.8 Å². The van der Waals surface area contributed by atoms with Gasteiger partial charge in [0.2, 0.25) is 0 Å². The molecule has 0 saturated heterocycles. The molecular weight excluding hydrogens is 164 g/mol. The molecule has 3 unspecified atom stereocenters. The molecule has 1 saturated carbocycles. The van der Waals surface area contributed by atoms with Crippen molar-refractivity contribution in [2.75, 3.05) is 0 Å². The zero-order valence-electron chi connectivity index (χ0n) is 8.66. The molecule has 1 rings (SSSR count). The highest BCUT2D eigenvalue weighted by Gasteiger charge is 2.26. The third-order valence-corrected chi connectivity index (χ3v) is 2.91. The van der Waals surface area contributed by atoms with Crippen LogP contribution in [0.1, 0.15) is 46.0 Å². The number of hydrogen-bond acceptors (Lipinski definition) is 2. The normalized spacial score (nSPS) is 31.2. The fourth-order valence-corrected chi connectivity index (χ4v) is 1.84. The molecule has 1 aliphatic rings. The average Bonchev–Trinajstić information content (AvgIpc) is 2.18. The highest BCUT2D eigenvalue weighted by atomic mass is 16.5. The van der Waals surface area contributed by atoms with Crippen LogP contribution in [0.25, 0.3) is 0 Å². The molecule has 0 aromatic rings. The Balaban J connectivity index is 2.40. The van der Waals surface area contributed by atoms with Crippen molar-refractivity contribution in [1.82, 2.24) is 0 Å². The minimum Gasteiger partial charge on any atom is -0.375 e. The van der Waals surface area contributed by atoms with E-state index in [0.29, 0.717) is 6.10 Å². The van der Waals surface area contributed by atoms with Crippen molar-refractivity contribution >= 4 is 6.29 Å². The molecule has 3 atom stereocenters. The Hall–Kier alpha value is -0.370. The number of rotatable bonds is 4. The van der Waals surface area contributed by atoms with E-state index >= 15 is 0 Å². The fourth-order valence-electron chi connectivity index (χ4n) is 1.84. The number of ether oxygens (including phenoxy) is 1. The van der Waals surface area contributed by atoms with Gasteiger partial charge in [-0.15, -0.1) is 0 Å². The van der Waals surface area contributed by atoms with E-state index in [1.807, 2.05) is 0 Å². The Morgan fingerprint density at radius 3 is 2.77 bits per heavy atom. The molecule has 1 aliphatic carbocycles. The predicted octanol–water partition coefficient (Wildman–Crippen LogP) is 2.56. The minimum absolute atomic E-state index is 0.155. The van der Waals surface area contributed by atoms with Crippen molar-refractivity contribution in [3.63, 3.8) is 0 Å². The summed E-state index contributed by atoms with van der Waals surface area (Å²) < 4.78 is 5.81. The van der Waals surface area contributed by atoms with E-state index in [9.17, 15) is 4.79 Å². The zero-order valence-corrected chi connectivity index (χ0v) is 8.66. The smallest absolute Gasteiger partial charge is 0.125 e. The maximum atomic E-state index is 10.8. The Labute approximate surface area is 80.7 Å². The summed E-state index contributed by atoms with van der Waals surface area (Å²) in [6.07, 6.45) is 7.08. The van der Waals surface area contributed by atoms with Gasteiger partial charge in [-0.1, -0.05) is 19.8 Å². The monoisotopic (exact) mass is 184 g/mol. The summed E-state index contributed by atoms with van der Waals surface area (Å²) in [5.41, 5.74) is 0. The van der Waals surface area contributed by atoms with Gasteiger partial charge in [0, 0.05) is 5.92 Å². The van der Waals surface area contributed by atoms with Crippen LogP contribution >= 0.6 is 0 Å². The fraction of sp³-hybridized carbons (Fsp3) is 0.909. The maximum Gasteiger partial charge on any atom is 0.125 e. The molecule has 0 N–H and O–H groups in total. The molecule has 0 aliphatic heterocycles. The van der Waals surface area contributed by atoms with Crippen LogP contribution in [-0.4, -0.2) is 18.5 Å². The van der Waals surface area contributed by atoms with Crippen molar-refractivity contribution in [3.8, 4) is 0 Å². The Bertz CT molecular complexity index is 156. The van der Waals surface area contributed by atoms with E-state index in [1.54, 1.807) is 0 Å². The highest BCUT2D eigenvalue weighted by Crippen LogP contribution is 2.26. The molecule has 13 heavy (non-hydrogen) atoms. The molecule has 0 aromatic heterocycles. The molecule has 2 nitrogen and oxygen atoms in total. The summed E-state index contributed by atoms with van der Waals surface area (Å²) >= 11 is 0. The largest absolute Gasteiger partial charge is 0.375 e. The first-order chi connectivity index (χ1) is 6.27. The van der Waals surface area contributed by atoms with E-state index < -0.39 is 0 Å². The van der Waals surface area contributed by atoms with Crippen LogP contribution in [0.2, 0.25) is 0 Å². The summed E-state index contributed by atoms with van der Waals surface area (Å²) in [6, 6.07) is 0. The SMILES string of the molecule is CCC(C)OC1CCCCC1C=O. The number of carbonyl (C=O) groups excluding carboxylic acids is 1. The summed E-state index contributed by atoms with van der Waals surface area (Å²) in [5, 5.41) is 0. The van der Waals surface area contributed by atoms with Crippen molar-refractivity contribution < 1.29 is 9.53 Å². The van der Waals surface area contributed by atoms with Gasteiger partial charge < -0.3 is 9.53 Å². The van der Waals surface area contributed by atoms with Gasteiger partial charge in [-0.05, 0) is 26.2 Å². The van der Waals surface area contributed by atoms with Crippen molar-refractivity contribution in [2.45, 2.75) is 58.2 Å². The van der Waals surface area contributed by atoms with E-state index in [4.69, 9.17) is 4.74 Å². The molecule has 0 amide bonds. The Morgan fingerprint density at radius 2 is 2.15 bits per heavy atom. The molecule has 2 heteroatoms. The van der Waals surface area contributed by atoms with E-state index in [0.717, 1.165) is 25.5 Å². The van der Waals surface area contributed by atoms with Crippen LogP contribution in [0.15, 0.2) is 0 Å². The second kappa shape index (κ2) is 5.38. The Kier molecular flexibility index (Phi) is 4.43. The highest BCUT2D eigenvalue weighted by molar-refractivity contribution is 5.54. The minimum atomic E-state index is 0.155. The van der Waals surface area contributed by atoms with Crippen LogP contribution in [0.5, 0.6) is 0 Å². The quantitative estimate of drug-likeness (QED) is 0.628. The summed E-state index contributed by atoms with van der Waals surface area (Å²) in [7, 11) is 0. The third-order valence-electron chi connectivity index (χ3n) is 2.91. The van der Waals surface area contributed by atoms with Crippen LogP contribution in [0, 0.1) is 5.92 Å². The lowest BCUT2D eigenvalue weighted by atomic mass is 9.87. The van der Waals surface area contributed by atoms with Gasteiger partial charge in [0.05, 0.1) is 12.2 Å². The van der Waals surface area contributed by atoms with Gasteiger partial charge in [0.15, 0.2) is 0 Å². The molecule has 76 valence electrons. The second-order valence-electron chi connectivity index (χ2n) is 3.98. The lowest BCUT2D eigenvalue weighted by molar-refractivity contribution is -0.121. The van der Waals surface area contributed by atoms with E-state index in [-0.39, 0.29) is 12.0 Å². The van der Waals surface area contributed by atoms with Gasteiger partial charge in [-0.3, -0.25) is 0 Å². The van der Waals surface area contributed by atoms with Crippen molar-refractivity contribution in [1.29, 1.82) is 0 Å². The predicted molar refractivity (Wildman–Crippen MR) is 52.6 cm³/mol. The first kappa shape index (κ1) is 10.7. The first-order valence-corrected chi connectivity index (χ1v) is 5.38. The third kappa shape index (κ3) is 3.11. The number of aldehydes is 1. The van der Waals surface area contributed by atoms with Crippen molar-refractivity contribution in [3.05, 3.63) is 0 Å². The zero-order chi connectivity index (χ0) is 9.68. The summed E-state index contributed by atoms with van der Waals surface area (Å²) in [5.74, 6) is 0.155. The molecule has 1 fully saturated rings. The topological polar surface area (TPSA) is 26.3 Å². The summed E-state index contributed by atoms with van der Waals surface area (Å²) in [4.78, 5) is 10.8. The van der Waals surface area contributed by atoms with Gasteiger partial charge in [0.25, 0.3) is 0 Å². The number of hydrogen-bond donors (Lipinski definition) is 0. The maximum absolute atomic E-state index is 10.8. The van der Waals surface area contributed by atoms with Crippen LogP contribution in [0.3, 0.4) is 0 Å². The first-order valence-electron chi connectivity index (χ1n) is 5.38. The van der Waals surface area contributed by atoms with E-state index in [1.165, 1.54) is 12.8 Å². The van der Waals surface area contributed by atoms with Crippen molar-refractivity contribution in [2.24, 2.45) is 5.92 Å². The van der Waals surface area contributed by atoms with Gasteiger partial charge in [0.1, 0.15) is 6.29 Å². The van der Waals surface area contributed by atoms with Crippen LogP contribution in [-0.2, 0) is 9.53 Å². The Morgan fingerprint density at radius 1 is 1.46 bits per heavy atom. The van der Waals surface area contributed by atoms with Gasteiger partial charge >= 0.3 is 0 Å². The molecule has 0 radical (unpaired) electrons.